The minimum absolute atomic E-state index is 0.217. The van der Waals surface area contributed by atoms with Crippen LogP contribution >= 0.6 is 0 Å². The van der Waals surface area contributed by atoms with Gasteiger partial charge in [-0.3, -0.25) is 9.59 Å². The van der Waals surface area contributed by atoms with Gasteiger partial charge in [0.25, 0.3) is 5.91 Å². The van der Waals surface area contributed by atoms with Crippen LogP contribution < -0.4 is 5.32 Å². The molecule has 20 heavy (non-hydrogen) atoms. The molecule has 0 unspecified atom stereocenters. The molecule has 0 aromatic heterocycles. The molecule has 5 heteroatoms. The standard InChI is InChI=1S/C15H22N2O3/c1-11(16-2)15(19)20-13(14(18)17(3)4)10-12-8-6-5-7-9-12/h5-9,11,13,16H,10H2,1-4H3/t11-,13+/m0/s1. The van der Waals surface area contributed by atoms with Crippen LogP contribution in [0.5, 0.6) is 0 Å². The van der Waals surface area contributed by atoms with E-state index >= 15 is 0 Å². The van der Waals surface area contributed by atoms with E-state index in [1.54, 1.807) is 28.1 Å². The number of likely N-dealkylation sites (N-methyl/N-ethyl adjacent to an activating group) is 2. The fraction of sp³-hybridized carbons (Fsp3) is 0.467. The van der Waals surface area contributed by atoms with Gasteiger partial charge in [-0.05, 0) is 19.5 Å². The summed E-state index contributed by atoms with van der Waals surface area (Å²) in [7, 11) is 4.97. The SMILES string of the molecule is CN[C@@H](C)C(=O)O[C@H](Cc1ccccc1)C(=O)N(C)C. The van der Waals surface area contributed by atoms with Gasteiger partial charge in [0, 0.05) is 20.5 Å². The highest BCUT2D eigenvalue weighted by atomic mass is 16.5. The lowest BCUT2D eigenvalue weighted by Crippen LogP contribution is -2.42. The van der Waals surface area contributed by atoms with Gasteiger partial charge in [-0.2, -0.15) is 0 Å². The van der Waals surface area contributed by atoms with Crippen molar-refractivity contribution >= 4 is 11.9 Å². The number of rotatable bonds is 6. The Labute approximate surface area is 119 Å². The molecule has 1 N–H and O–H groups in total. The molecule has 2 atom stereocenters. The monoisotopic (exact) mass is 278 g/mol. The Morgan fingerprint density at radius 1 is 1.25 bits per heavy atom. The van der Waals surface area contributed by atoms with E-state index < -0.39 is 18.1 Å². The fourth-order valence-electron chi connectivity index (χ4n) is 1.66. The van der Waals surface area contributed by atoms with Crippen LogP contribution in [-0.2, 0) is 20.7 Å². The van der Waals surface area contributed by atoms with Crippen molar-refractivity contribution in [3.05, 3.63) is 35.9 Å². The Morgan fingerprint density at radius 2 is 1.85 bits per heavy atom. The maximum Gasteiger partial charge on any atom is 0.323 e. The quantitative estimate of drug-likeness (QED) is 0.783. The molecule has 0 heterocycles. The van der Waals surface area contributed by atoms with Gasteiger partial charge in [0.1, 0.15) is 6.04 Å². The number of carbonyl (C=O) groups is 2. The molecular formula is C15H22N2O3. The Bertz CT molecular complexity index is 446. The lowest BCUT2D eigenvalue weighted by molar-refractivity contribution is -0.160. The Kier molecular flexibility index (Phi) is 6.18. The average Bonchev–Trinajstić information content (AvgIpc) is 2.45. The van der Waals surface area contributed by atoms with Crippen LogP contribution in [-0.4, -0.2) is 50.1 Å². The molecule has 0 aliphatic heterocycles. The molecule has 1 amide bonds. The molecule has 0 aliphatic carbocycles. The maximum absolute atomic E-state index is 12.1. The summed E-state index contributed by atoms with van der Waals surface area (Å²) < 4.78 is 5.34. The van der Waals surface area contributed by atoms with Crippen LogP contribution in [0.1, 0.15) is 12.5 Å². The Balaban J connectivity index is 2.81. The van der Waals surface area contributed by atoms with Gasteiger partial charge in [0.05, 0.1) is 0 Å². The topological polar surface area (TPSA) is 58.6 Å². The van der Waals surface area contributed by atoms with Gasteiger partial charge in [0.2, 0.25) is 0 Å². The molecule has 0 saturated carbocycles. The van der Waals surface area contributed by atoms with Crippen molar-refractivity contribution in [1.29, 1.82) is 0 Å². The molecule has 5 nitrogen and oxygen atoms in total. The van der Waals surface area contributed by atoms with E-state index in [2.05, 4.69) is 5.32 Å². The van der Waals surface area contributed by atoms with Crippen molar-refractivity contribution in [3.63, 3.8) is 0 Å². The number of amides is 1. The molecule has 0 fully saturated rings. The zero-order chi connectivity index (χ0) is 15.1. The third kappa shape index (κ3) is 4.66. The van der Waals surface area contributed by atoms with Crippen LogP contribution in [0.2, 0.25) is 0 Å². The van der Waals surface area contributed by atoms with E-state index in [-0.39, 0.29) is 5.91 Å². The van der Waals surface area contributed by atoms with Gasteiger partial charge in [-0.1, -0.05) is 30.3 Å². The summed E-state index contributed by atoms with van der Waals surface area (Å²) in [5.74, 6) is -0.644. The van der Waals surface area contributed by atoms with Crippen molar-refractivity contribution < 1.29 is 14.3 Å². The van der Waals surface area contributed by atoms with Crippen molar-refractivity contribution in [3.8, 4) is 0 Å². The van der Waals surface area contributed by atoms with Crippen LogP contribution in [0.4, 0.5) is 0 Å². The molecule has 0 bridgehead atoms. The first kappa shape index (κ1) is 16.2. The first-order valence-corrected chi connectivity index (χ1v) is 6.58. The van der Waals surface area contributed by atoms with E-state index in [0.29, 0.717) is 6.42 Å². The maximum atomic E-state index is 12.1. The number of nitrogens with zero attached hydrogens (tertiary/aromatic N) is 1. The van der Waals surface area contributed by atoms with E-state index in [1.165, 1.54) is 4.90 Å². The van der Waals surface area contributed by atoms with Crippen LogP contribution in [0.15, 0.2) is 30.3 Å². The van der Waals surface area contributed by atoms with Gasteiger partial charge >= 0.3 is 5.97 Å². The van der Waals surface area contributed by atoms with Gasteiger partial charge in [-0.15, -0.1) is 0 Å². The van der Waals surface area contributed by atoms with E-state index in [9.17, 15) is 9.59 Å². The zero-order valence-electron chi connectivity index (χ0n) is 12.4. The van der Waals surface area contributed by atoms with Crippen molar-refractivity contribution in [2.45, 2.75) is 25.5 Å². The summed E-state index contributed by atoms with van der Waals surface area (Å²) in [6.07, 6.45) is -0.421. The highest BCUT2D eigenvalue weighted by molar-refractivity contribution is 5.85. The molecule has 1 aromatic carbocycles. The first-order chi connectivity index (χ1) is 9.45. The van der Waals surface area contributed by atoms with Gasteiger partial charge in [-0.25, -0.2) is 0 Å². The lowest BCUT2D eigenvalue weighted by Gasteiger charge is -2.22. The molecular weight excluding hydrogens is 256 g/mol. The Morgan fingerprint density at radius 3 is 2.35 bits per heavy atom. The number of benzene rings is 1. The summed E-state index contributed by atoms with van der Waals surface area (Å²) in [5.41, 5.74) is 0.956. The highest BCUT2D eigenvalue weighted by Crippen LogP contribution is 2.09. The number of hydrogen-bond donors (Lipinski definition) is 1. The predicted molar refractivity (Wildman–Crippen MR) is 77.2 cm³/mol. The molecule has 0 radical (unpaired) electrons. The molecule has 1 rings (SSSR count). The van der Waals surface area contributed by atoms with Gasteiger partial charge in [0.15, 0.2) is 6.10 Å². The van der Waals surface area contributed by atoms with Crippen molar-refractivity contribution in [2.75, 3.05) is 21.1 Å². The summed E-state index contributed by atoms with van der Waals surface area (Å²) in [5, 5.41) is 2.80. The molecule has 1 aromatic rings. The second-order valence-electron chi connectivity index (χ2n) is 4.86. The number of hydrogen-bond acceptors (Lipinski definition) is 4. The van der Waals surface area contributed by atoms with Crippen LogP contribution in [0.25, 0.3) is 0 Å². The third-order valence-electron chi connectivity index (χ3n) is 3.03. The molecule has 0 spiro atoms. The normalized spacial score (nSPS) is 13.4. The number of carbonyl (C=O) groups excluding carboxylic acids is 2. The van der Waals surface area contributed by atoms with Crippen LogP contribution in [0, 0.1) is 0 Å². The fourth-order valence-corrected chi connectivity index (χ4v) is 1.66. The summed E-state index contributed by atoms with van der Waals surface area (Å²) in [4.78, 5) is 25.4. The third-order valence-corrected chi connectivity index (χ3v) is 3.03. The number of nitrogens with one attached hydrogen (secondary N) is 1. The first-order valence-electron chi connectivity index (χ1n) is 6.58. The number of esters is 1. The van der Waals surface area contributed by atoms with Crippen LogP contribution in [0.3, 0.4) is 0 Å². The van der Waals surface area contributed by atoms with Crippen molar-refractivity contribution in [2.24, 2.45) is 0 Å². The molecule has 0 saturated heterocycles. The van der Waals surface area contributed by atoms with Crippen molar-refractivity contribution in [1.82, 2.24) is 10.2 Å². The Hall–Kier alpha value is -1.88. The smallest absolute Gasteiger partial charge is 0.323 e. The minimum Gasteiger partial charge on any atom is -0.451 e. The highest BCUT2D eigenvalue weighted by Gasteiger charge is 2.26. The average molecular weight is 278 g/mol. The molecule has 110 valence electrons. The van der Waals surface area contributed by atoms with E-state index in [4.69, 9.17) is 4.74 Å². The second kappa shape index (κ2) is 7.65. The largest absolute Gasteiger partial charge is 0.451 e. The predicted octanol–water partition coefficient (Wildman–Crippen LogP) is 0.837. The lowest BCUT2D eigenvalue weighted by atomic mass is 10.1. The second-order valence-corrected chi connectivity index (χ2v) is 4.86. The number of ether oxygens (including phenoxy) is 1. The van der Waals surface area contributed by atoms with E-state index in [1.807, 2.05) is 30.3 Å². The molecule has 0 aliphatic rings. The minimum atomic E-state index is -0.796. The summed E-state index contributed by atoms with van der Waals surface area (Å²) in [6.45, 7) is 1.70. The van der Waals surface area contributed by atoms with E-state index in [0.717, 1.165) is 5.56 Å². The summed E-state index contributed by atoms with van der Waals surface area (Å²) in [6, 6.07) is 9.07. The zero-order valence-corrected chi connectivity index (χ0v) is 12.4. The van der Waals surface area contributed by atoms with Gasteiger partial charge < -0.3 is 15.0 Å². The summed E-state index contributed by atoms with van der Waals surface area (Å²) >= 11 is 0.